The molecule has 0 radical (unpaired) electrons. The van der Waals surface area contributed by atoms with Crippen LogP contribution in [0.4, 0.5) is 4.39 Å². The highest BCUT2D eigenvalue weighted by Crippen LogP contribution is 2.32. The van der Waals surface area contributed by atoms with Gasteiger partial charge in [-0.15, -0.1) is 0 Å². The van der Waals surface area contributed by atoms with Crippen LogP contribution in [-0.2, 0) is 6.42 Å². The van der Waals surface area contributed by atoms with Crippen LogP contribution < -0.4 is 9.47 Å². The number of methoxy groups -OCH3 is 2. The van der Waals surface area contributed by atoms with Gasteiger partial charge in [0.25, 0.3) is 5.89 Å². The molecule has 0 atom stereocenters. The first kappa shape index (κ1) is 20.6. The number of hydrogen-bond donors (Lipinski definition) is 0. The van der Waals surface area contributed by atoms with Crippen molar-refractivity contribution in [3.05, 3.63) is 90.0 Å². The van der Waals surface area contributed by atoms with E-state index in [2.05, 4.69) is 10.1 Å². The van der Waals surface area contributed by atoms with Crippen LogP contribution in [-0.4, -0.2) is 29.3 Å². The second kappa shape index (κ2) is 8.70. The van der Waals surface area contributed by atoms with Crippen molar-refractivity contribution in [2.75, 3.05) is 14.2 Å². The first-order valence-electron chi connectivity index (χ1n) is 10.3. The number of fused-ring (bicyclic) bond motifs is 1. The third kappa shape index (κ3) is 4.13. The third-order valence-electron chi connectivity index (χ3n) is 5.36. The van der Waals surface area contributed by atoms with Crippen molar-refractivity contribution >= 4 is 10.9 Å². The quantitative estimate of drug-likeness (QED) is 0.337. The summed E-state index contributed by atoms with van der Waals surface area (Å²) >= 11 is 0. The number of nitrogens with zero attached hydrogens (tertiary/aromatic N) is 3. The SMILES string of the molecule is COc1ccc(Cc2noc(-c3cc(-c4ccc(F)cc4)nc4ccccc34)n2)cc1OC. The molecule has 7 heteroatoms. The molecule has 0 aliphatic heterocycles. The van der Waals surface area contributed by atoms with Crippen molar-refractivity contribution in [3.63, 3.8) is 0 Å². The number of benzene rings is 3. The van der Waals surface area contributed by atoms with Gasteiger partial charge in [-0.2, -0.15) is 4.98 Å². The van der Waals surface area contributed by atoms with E-state index >= 15 is 0 Å². The minimum atomic E-state index is -0.295. The van der Waals surface area contributed by atoms with Gasteiger partial charge in [-0.05, 0) is 54.1 Å². The van der Waals surface area contributed by atoms with Crippen LogP contribution in [0.5, 0.6) is 11.5 Å². The Labute approximate surface area is 189 Å². The van der Waals surface area contributed by atoms with Gasteiger partial charge in [0.2, 0.25) is 0 Å². The highest BCUT2D eigenvalue weighted by Gasteiger charge is 2.16. The molecule has 2 heterocycles. The number of aromatic nitrogens is 3. The fourth-order valence-electron chi connectivity index (χ4n) is 3.73. The van der Waals surface area contributed by atoms with Crippen molar-refractivity contribution in [3.8, 4) is 34.2 Å². The van der Waals surface area contributed by atoms with Gasteiger partial charge in [-0.1, -0.05) is 29.4 Å². The molecule has 0 aliphatic carbocycles. The van der Waals surface area contributed by atoms with Crippen LogP contribution in [0.3, 0.4) is 0 Å². The molecule has 6 nitrogen and oxygen atoms in total. The summed E-state index contributed by atoms with van der Waals surface area (Å²) in [6.45, 7) is 0. The van der Waals surface area contributed by atoms with E-state index in [1.54, 1.807) is 26.4 Å². The standard InChI is InChI=1S/C26H20FN3O3/c1-31-23-12-7-16(13-24(23)32-2)14-25-29-26(33-30-25)20-15-22(17-8-10-18(27)11-9-17)28-21-6-4-3-5-19(20)21/h3-13,15H,14H2,1-2H3. The topological polar surface area (TPSA) is 70.3 Å². The lowest BCUT2D eigenvalue weighted by atomic mass is 10.0. The fourth-order valence-corrected chi connectivity index (χ4v) is 3.73. The Hall–Kier alpha value is -4.26. The Morgan fingerprint density at radius 1 is 0.848 bits per heavy atom. The molecule has 5 rings (SSSR count). The Morgan fingerprint density at radius 3 is 2.42 bits per heavy atom. The molecule has 0 fully saturated rings. The van der Waals surface area contributed by atoms with Gasteiger partial charge in [-0.3, -0.25) is 0 Å². The van der Waals surface area contributed by atoms with E-state index in [0.29, 0.717) is 35.3 Å². The van der Waals surface area contributed by atoms with E-state index in [4.69, 9.17) is 19.0 Å². The fraction of sp³-hybridized carbons (Fsp3) is 0.115. The molecule has 33 heavy (non-hydrogen) atoms. The van der Waals surface area contributed by atoms with E-state index in [0.717, 1.165) is 27.6 Å². The lowest BCUT2D eigenvalue weighted by molar-refractivity contribution is 0.354. The van der Waals surface area contributed by atoms with Crippen LogP contribution in [0.25, 0.3) is 33.6 Å². The van der Waals surface area contributed by atoms with Crippen molar-refractivity contribution in [2.24, 2.45) is 0 Å². The summed E-state index contributed by atoms with van der Waals surface area (Å²) in [6, 6.07) is 21.5. The number of para-hydroxylation sites is 1. The zero-order chi connectivity index (χ0) is 22.8. The van der Waals surface area contributed by atoms with Crippen molar-refractivity contribution in [1.82, 2.24) is 15.1 Å². The molecule has 0 aliphatic rings. The molecule has 0 N–H and O–H groups in total. The van der Waals surface area contributed by atoms with E-state index in [1.807, 2.05) is 48.5 Å². The molecule has 0 spiro atoms. The summed E-state index contributed by atoms with van der Waals surface area (Å²) in [7, 11) is 3.20. The maximum atomic E-state index is 13.4. The normalized spacial score (nSPS) is 11.0. The molecular weight excluding hydrogens is 421 g/mol. The monoisotopic (exact) mass is 441 g/mol. The van der Waals surface area contributed by atoms with E-state index in [-0.39, 0.29) is 5.82 Å². The summed E-state index contributed by atoms with van der Waals surface area (Å²) in [5.41, 5.74) is 4.02. The molecular formula is C26H20FN3O3. The minimum Gasteiger partial charge on any atom is -0.493 e. The second-order valence-electron chi connectivity index (χ2n) is 7.46. The summed E-state index contributed by atoms with van der Waals surface area (Å²) in [5.74, 6) is 1.94. The zero-order valence-corrected chi connectivity index (χ0v) is 18.1. The molecule has 0 saturated heterocycles. The maximum absolute atomic E-state index is 13.4. The lowest BCUT2D eigenvalue weighted by Gasteiger charge is -2.08. The summed E-state index contributed by atoms with van der Waals surface area (Å²) < 4.78 is 29.7. The molecule has 2 aromatic heterocycles. The summed E-state index contributed by atoms with van der Waals surface area (Å²) in [6.07, 6.45) is 0.470. The first-order valence-corrected chi connectivity index (χ1v) is 10.3. The van der Waals surface area contributed by atoms with Gasteiger partial charge in [0, 0.05) is 17.4 Å². The third-order valence-corrected chi connectivity index (χ3v) is 5.36. The Balaban J connectivity index is 1.53. The van der Waals surface area contributed by atoms with Gasteiger partial charge in [0.05, 0.1) is 31.0 Å². The molecule has 0 unspecified atom stereocenters. The molecule has 3 aromatic carbocycles. The van der Waals surface area contributed by atoms with Crippen molar-refractivity contribution < 1.29 is 18.4 Å². The first-order chi connectivity index (χ1) is 16.1. The van der Waals surface area contributed by atoms with E-state index < -0.39 is 0 Å². The van der Waals surface area contributed by atoms with E-state index in [9.17, 15) is 4.39 Å². The molecule has 5 aromatic rings. The second-order valence-corrected chi connectivity index (χ2v) is 7.46. The van der Waals surface area contributed by atoms with Gasteiger partial charge >= 0.3 is 0 Å². The predicted molar refractivity (Wildman–Crippen MR) is 123 cm³/mol. The van der Waals surface area contributed by atoms with Crippen LogP contribution >= 0.6 is 0 Å². The van der Waals surface area contributed by atoms with Crippen LogP contribution in [0.15, 0.2) is 77.3 Å². The Morgan fingerprint density at radius 2 is 1.64 bits per heavy atom. The zero-order valence-electron chi connectivity index (χ0n) is 18.1. The van der Waals surface area contributed by atoms with Crippen LogP contribution in [0, 0.1) is 5.82 Å². The number of halogens is 1. The van der Waals surface area contributed by atoms with Crippen LogP contribution in [0.1, 0.15) is 11.4 Å². The van der Waals surface area contributed by atoms with Crippen LogP contribution in [0.2, 0.25) is 0 Å². The Bertz CT molecular complexity index is 1430. The summed E-state index contributed by atoms with van der Waals surface area (Å²) in [4.78, 5) is 9.37. The maximum Gasteiger partial charge on any atom is 0.258 e. The van der Waals surface area contributed by atoms with Gasteiger partial charge < -0.3 is 14.0 Å². The number of ether oxygens (including phenoxy) is 2. The average Bonchev–Trinajstić information content (AvgIpc) is 3.32. The number of rotatable bonds is 6. The lowest BCUT2D eigenvalue weighted by Crippen LogP contribution is -1.95. The average molecular weight is 441 g/mol. The smallest absolute Gasteiger partial charge is 0.258 e. The molecule has 0 bridgehead atoms. The van der Waals surface area contributed by atoms with Crippen molar-refractivity contribution in [2.45, 2.75) is 6.42 Å². The van der Waals surface area contributed by atoms with Gasteiger partial charge in [-0.25, -0.2) is 9.37 Å². The summed E-state index contributed by atoms with van der Waals surface area (Å²) in [5, 5.41) is 5.07. The predicted octanol–water partition coefficient (Wildman–Crippen LogP) is 5.70. The molecule has 0 amide bonds. The highest BCUT2D eigenvalue weighted by molar-refractivity contribution is 5.94. The Kier molecular flexibility index (Phi) is 5.44. The van der Waals surface area contributed by atoms with Crippen molar-refractivity contribution in [1.29, 1.82) is 0 Å². The highest BCUT2D eigenvalue weighted by atomic mass is 19.1. The van der Waals surface area contributed by atoms with E-state index in [1.165, 1.54) is 12.1 Å². The minimum absolute atomic E-state index is 0.295. The number of hydrogen-bond acceptors (Lipinski definition) is 6. The van der Waals surface area contributed by atoms with Gasteiger partial charge in [0.15, 0.2) is 17.3 Å². The van der Waals surface area contributed by atoms with Gasteiger partial charge in [0.1, 0.15) is 5.82 Å². The molecule has 164 valence electrons. The largest absolute Gasteiger partial charge is 0.493 e. The number of pyridine rings is 1. The molecule has 0 saturated carbocycles.